The summed E-state index contributed by atoms with van der Waals surface area (Å²) < 4.78 is 1.96. The van der Waals surface area contributed by atoms with Crippen LogP contribution in [0.3, 0.4) is 0 Å². The third-order valence-electron chi connectivity index (χ3n) is 5.72. The summed E-state index contributed by atoms with van der Waals surface area (Å²) in [4.78, 5) is 19.1. The summed E-state index contributed by atoms with van der Waals surface area (Å²) in [5, 5.41) is 11.1. The largest absolute Gasteiger partial charge is 0.352 e. The first kappa shape index (κ1) is 21.6. The zero-order valence-corrected chi connectivity index (χ0v) is 18.9. The second-order valence-corrected chi connectivity index (χ2v) is 8.02. The fourth-order valence-electron chi connectivity index (χ4n) is 4.19. The van der Waals surface area contributed by atoms with Crippen LogP contribution < -0.4 is 15.5 Å². The van der Waals surface area contributed by atoms with Gasteiger partial charge in [-0.3, -0.25) is 9.79 Å². The Bertz CT molecular complexity index is 1130. The molecule has 0 aliphatic carbocycles. The number of nitrogens with zero attached hydrogens (tertiary/aromatic N) is 4. The highest BCUT2D eigenvalue weighted by molar-refractivity contribution is 5.98. The molecule has 1 amide bonds. The number of benzene rings is 2. The van der Waals surface area contributed by atoms with Crippen molar-refractivity contribution >= 4 is 17.6 Å². The van der Waals surface area contributed by atoms with Crippen molar-refractivity contribution in [3.63, 3.8) is 0 Å². The van der Waals surface area contributed by atoms with Gasteiger partial charge in [0.1, 0.15) is 0 Å². The molecule has 2 aromatic carbocycles. The number of amides is 1. The number of fused-ring (bicyclic) bond motifs is 1. The predicted molar refractivity (Wildman–Crippen MR) is 128 cm³/mol. The summed E-state index contributed by atoms with van der Waals surface area (Å²) in [5.41, 5.74) is 6.45. The summed E-state index contributed by atoms with van der Waals surface area (Å²) in [6.45, 7) is 5.55. The highest BCUT2D eigenvalue weighted by Crippen LogP contribution is 2.26. The van der Waals surface area contributed by atoms with Gasteiger partial charge in [-0.15, -0.1) is 0 Å². The maximum absolute atomic E-state index is 12.9. The number of hydrogen-bond donors (Lipinski definition) is 2. The molecule has 7 heteroatoms. The normalized spacial score (nSPS) is 13.6. The summed E-state index contributed by atoms with van der Waals surface area (Å²) in [6, 6.07) is 18.4. The summed E-state index contributed by atoms with van der Waals surface area (Å²) >= 11 is 0. The molecule has 2 N–H and O–H groups in total. The van der Waals surface area contributed by atoms with Gasteiger partial charge < -0.3 is 15.5 Å². The Morgan fingerprint density at radius 2 is 1.81 bits per heavy atom. The van der Waals surface area contributed by atoms with Gasteiger partial charge in [0.25, 0.3) is 0 Å². The van der Waals surface area contributed by atoms with Gasteiger partial charge in [-0.1, -0.05) is 36.4 Å². The third-order valence-corrected chi connectivity index (χ3v) is 5.72. The fraction of sp³-hybridized carbons (Fsp3) is 0.320. The van der Waals surface area contributed by atoms with Crippen LogP contribution in [0, 0.1) is 13.8 Å². The molecule has 32 heavy (non-hydrogen) atoms. The van der Waals surface area contributed by atoms with Crippen LogP contribution in [0.2, 0.25) is 0 Å². The van der Waals surface area contributed by atoms with Crippen LogP contribution in [0.25, 0.3) is 5.69 Å². The molecule has 0 bridgehead atoms. The van der Waals surface area contributed by atoms with Crippen LogP contribution in [0.1, 0.15) is 28.9 Å². The van der Waals surface area contributed by atoms with E-state index in [-0.39, 0.29) is 12.5 Å². The number of guanidine groups is 1. The minimum Gasteiger partial charge on any atom is -0.352 e. The van der Waals surface area contributed by atoms with E-state index >= 15 is 0 Å². The molecule has 0 saturated carbocycles. The Labute approximate surface area is 189 Å². The van der Waals surface area contributed by atoms with Gasteiger partial charge in [0, 0.05) is 31.5 Å². The number of carbonyl (C=O) groups is 1. The van der Waals surface area contributed by atoms with Gasteiger partial charge in [0.05, 0.1) is 17.9 Å². The topological polar surface area (TPSA) is 74.6 Å². The maximum atomic E-state index is 12.9. The SMILES string of the molecule is CN=C(NCC(=O)N1CCCc2ccccc21)NCc1ccccc1-n1nc(C)cc1C. The van der Waals surface area contributed by atoms with Gasteiger partial charge in [-0.2, -0.15) is 5.10 Å². The fourth-order valence-corrected chi connectivity index (χ4v) is 4.19. The predicted octanol–water partition coefficient (Wildman–Crippen LogP) is 3.13. The van der Waals surface area contributed by atoms with Crippen molar-refractivity contribution in [2.45, 2.75) is 33.2 Å². The second-order valence-electron chi connectivity index (χ2n) is 8.02. The molecular formula is C25H30N6O. The molecule has 0 unspecified atom stereocenters. The average Bonchev–Trinajstić information content (AvgIpc) is 3.16. The first-order valence-corrected chi connectivity index (χ1v) is 11.0. The molecule has 1 aliphatic rings. The Kier molecular flexibility index (Phi) is 6.54. The van der Waals surface area contributed by atoms with Gasteiger partial charge in [0.15, 0.2) is 5.96 Å². The van der Waals surface area contributed by atoms with E-state index in [9.17, 15) is 4.79 Å². The standard InChI is InChI=1S/C25H30N6O/c1-18-15-19(2)31(29-18)23-13-7-5-10-21(23)16-27-25(26-3)28-17-24(32)30-14-8-11-20-9-4-6-12-22(20)30/h4-7,9-10,12-13,15H,8,11,14,16-17H2,1-3H3,(H2,26,27,28). The summed E-state index contributed by atoms with van der Waals surface area (Å²) in [7, 11) is 1.71. The van der Waals surface area contributed by atoms with Crippen molar-refractivity contribution in [2.24, 2.45) is 4.99 Å². The molecule has 0 atom stereocenters. The Balaban J connectivity index is 1.39. The van der Waals surface area contributed by atoms with E-state index in [4.69, 9.17) is 0 Å². The Morgan fingerprint density at radius 3 is 2.56 bits per heavy atom. The summed E-state index contributed by atoms with van der Waals surface area (Å²) in [6.07, 6.45) is 2.00. The number of para-hydroxylation sites is 2. The van der Waals surface area contributed by atoms with Crippen molar-refractivity contribution in [1.82, 2.24) is 20.4 Å². The van der Waals surface area contributed by atoms with E-state index in [2.05, 4.69) is 51.9 Å². The molecule has 3 aromatic rings. The number of aryl methyl sites for hydroxylation is 3. The van der Waals surface area contributed by atoms with E-state index in [1.165, 1.54) is 5.56 Å². The number of carbonyl (C=O) groups excluding carboxylic acids is 1. The van der Waals surface area contributed by atoms with E-state index < -0.39 is 0 Å². The number of nitrogens with one attached hydrogen (secondary N) is 2. The highest BCUT2D eigenvalue weighted by atomic mass is 16.2. The van der Waals surface area contributed by atoms with Crippen LogP contribution in [0.5, 0.6) is 0 Å². The molecule has 2 heterocycles. The minimum atomic E-state index is 0.0446. The number of aliphatic imine (C=N–C) groups is 1. The maximum Gasteiger partial charge on any atom is 0.246 e. The number of hydrogen-bond acceptors (Lipinski definition) is 3. The van der Waals surface area contributed by atoms with Crippen LogP contribution in [0.4, 0.5) is 5.69 Å². The van der Waals surface area contributed by atoms with E-state index in [0.29, 0.717) is 12.5 Å². The first-order chi connectivity index (χ1) is 15.6. The Hall–Kier alpha value is -3.61. The zero-order chi connectivity index (χ0) is 22.5. The molecule has 4 rings (SSSR count). The van der Waals surface area contributed by atoms with Crippen molar-refractivity contribution < 1.29 is 4.79 Å². The molecular weight excluding hydrogens is 400 g/mol. The minimum absolute atomic E-state index is 0.0446. The lowest BCUT2D eigenvalue weighted by molar-refractivity contribution is -0.117. The summed E-state index contributed by atoms with van der Waals surface area (Å²) in [5.74, 6) is 0.634. The zero-order valence-electron chi connectivity index (χ0n) is 18.9. The van der Waals surface area contributed by atoms with Crippen LogP contribution in [-0.2, 0) is 17.8 Å². The second kappa shape index (κ2) is 9.68. The lowest BCUT2D eigenvalue weighted by atomic mass is 10.0. The van der Waals surface area contributed by atoms with Crippen molar-refractivity contribution in [3.05, 3.63) is 77.1 Å². The number of anilines is 1. The molecule has 0 radical (unpaired) electrons. The van der Waals surface area contributed by atoms with Crippen molar-refractivity contribution in [3.8, 4) is 5.69 Å². The Morgan fingerprint density at radius 1 is 1.06 bits per heavy atom. The van der Waals surface area contributed by atoms with Gasteiger partial charge in [-0.25, -0.2) is 4.68 Å². The van der Waals surface area contributed by atoms with Crippen molar-refractivity contribution in [2.75, 3.05) is 25.0 Å². The first-order valence-electron chi connectivity index (χ1n) is 11.0. The smallest absolute Gasteiger partial charge is 0.246 e. The highest BCUT2D eigenvalue weighted by Gasteiger charge is 2.22. The van der Waals surface area contributed by atoms with E-state index in [0.717, 1.165) is 47.7 Å². The molecule has 7 nitrogen and oxygen atoms in total. The molecule has 0 saturated heterocycles. The third kappa shape index (κ3) is 4.66. The number of aromatic nitrogens is 2. The molecule has 0 spiro atoms. The number of rotatable bonds is 5. The molecule has 0 fully saturated rings. The average molecular weight is 431 g/mol. The monoisotopic (exact) mass is 430 g/mol. The lowest BCUT2D eigenvalue weighted by Crippen LogP contribution is -2.46. The molecule has 166 valence electrons. The molecule has 1 aromatic heterocycles. The van der Waals surface area contributed by atoms with Gasteiger partial charge in [-0.05, 0) is 56.0 Å². The van der Waals surface area contributed by atoms with Gasteiger partial charge >= 0.3 is 0 Å². The van der Waals surface area contributed by atoms with Crippen LogP contribution >= 0.6 is 0 Å². The van der Waals surface area contributed by atoms with Crippen molar-refractivity contribution in [1.29, 1.82) is 0 Å². The molecule has 1 aliphatic heterocycles. The van der Waals surface area contributed by atoms with Gasteiger partial charge in [0.2, 0.25) is 5.91 Å². The van der Waals surface area contributed by atoms with E-state index in [1.807, 2.05) is 46.8 Å². The lowest BCUT2D eigenvalue weighted by Gasteiger charge is -2.29. The quantitative estimate of drug-likeness (QED) is 0.482. The van der Waals surface area contributed by atoms with Crippen LogP contribution in [-0.4, -0.2) is 41.8 Å². The van der Waals surface area contributed by atoms with Crippen LogP contribution in [0.15, 0.2) is 59.6 Å². The van der Waals surface area contributed by atoms with E-state index in [1.54, 1.807) is 7.05 Å².